The number of hydrogen-bond donors (Lipinski definition) is 1. The predicted octanol–water partition coefficient (Wildman–Crippen LogP) is 3.14. The topological polar surface area (TPSA) is 75.3 Å². The molecule has 0 spiro atoms. The molecule has 1 aromatic carbocycles. The summed E-state index contributed by atoms with van der Waals surface area (Å²) >= 11 is 0. The van der Waals surface area contributed by atoms with Crippen LogP contribution in [0.15, 0.2) is 46.4 Å². The van der Waals surface area contributed by atoms with Gasteiger partial charge in [-0.05, 0) is 43.3 Å². The first kappa shape index (κ1) is 14.4. The number of ether oxygens (including phenoxy) is 1. The lowest BCUT2D eigenvalue weighted by atomic mass is 10.2. The number of nitrogens with zero attached hydrogens (tertiary/aromatic N) is 1. The quantitative estimate of drug-likeness (QED) is 0.690. The van der Waals surface area contributed by atoms with Crippen molar-refractivity contribution in [3.8, 4) is 11.8 Å². The fourth-order valence-electron chi connectivity index (χ4n) is 1.69. The Morgan fingerprint density at radius 3 is 2.52 bits per heavy atom. The third kappa shape index (κ3) is 3.74. The maximum atomic E-state index is 12.0. The molecule has 0 bridgehead atoms. The third-order valence-corrected chi connectivity index (χ3v) is 2.76. The molecule has 1 aromatic heterocycles. The van der Waals surface area contributed by atoms with Gasteiger partial charge in [0.05, 0.1) is 7.11 Å². The minimum Gasteiger partial charge on any atom is -0.497 e. The lowest BCUT2D eigenvalue weighted by Gasteiger charge is -2.05. The van der Waals surface area contributed by atoms with E-state index in [0.717, 1.165) is 0 Å². The Bertz CT molecular complexity index is 706. The van der Waals surface area contributed by atoms with Crippen LogP contribution >= 0.6 is 0 Å². The van der Waals surface area contributed by atoms with Crippen molar-refractivity contribution in [1.29, 1.82) is 5.26 Å². The van der Waals surface area contributed by atoms with Crippen LogP contribution in [0.3, 0.4) is 0 Å². The summed E-state index contributed by atoms with van der Waals surface area (Å²) in [5.74, 6) is 1.38. The normalized spacial score (nSPS) is 10.8. The van der Waals surface area contributed by atoms with Crippen LogP contribution in [0.4, 0.5) is 5.69 Å². The number of furan rings is 1. The molecular formula is C16H14N2O3. The molecule has 1 N–H and O–H groups in total. The molecule has 1 amide bonds. The van der Waals surface area contributed by atoms with Crippen LogP contribution in [-0.4, -0.2) is 13.0 Å². The van der Waals surface area contributed by atoms with E-state index in [1.807, 2.05) is 6.07 Å². The number of amides is 1. The Morgan fingerprint density at radius 2 is 2.00 bits per heavy atom. The molecule has 0 aliphatic rings. The van der Waals surface area contributed by atoms with Crippen LogP contribution in [0.2, 0.25) is 0 Å². The first-order valence-corrected chi connectivity index (χ1v) is 6.26. The van der Waals surface area contributed by atoms with Gasteiger partial charge in [0.2, 0.25) is 0 Å². The van der Waals surface area contributed by atoms with Crippen LogP contribution in [0.5, 0.6) is 5.75 Å². The largest absolute Gasteiger partial charge is 0.497 e. The first-order valence-electron chi connectivity index (χ1n) is 6.26. The van der Waals surface area contributed by atoms with Crippen molar-refractivity contribution in [1.82, 2.24) is 0 Å². The van der Waals surface area contributed by atoms with Gasteiger partial charge in [-0.2, -0.15) is 5.26 Å². The Kier molecular flexibility index (Phi) is 4.42. The molecular weight excluding hydrogens is 268 g/mol. The highest BCUT2D eigenvalue weighted by Gasteiger charge is 2.10. The second-order valence-electron chi connectivity index (χ2n) is 4.30. The van der Waals surface area contributed by atoms with E-state index in [0.29, 0.717) is 23.0 Å². The standard InChI is InChI=1S/C16H14N2O3/c1-11-3-6-15(21-11)9-12(10-17)16(19)18-13-4-7-14(20-2)8-5-13/h3-9H,1-2H3,(H,18,19)/b12-9-. The molecule has 0 aliphatic heterocycles. The minimum atomic E-state index is -0.489. The van der Waals surface area contributed by atoms with E-state index in [-0.39, 0.29) is 5.57 Å². The second kappa shape index (κ2) is 6.44. The van der Waals surface area contributed by atoms with Gasteiger partial charge in [0.1, 0.15) is 28.9 Å². The molecule has 21 heavy (non-hydrogen) atoms. The Hall–Kier alpha value is -3.00. The number of aryl methyl sites for hydroxylation is 1. The van der Waals surface area contributed by atoms with Crippen LogP contribution in [0.1, 0.15) is 11.5 Å². The smallest absolute Gasteiger partial charge is 0.266 e. The predicted molar refractivity (Wildman–Crippen MR) is 78.7 cm³/mol. The van der Waals surface area contributed by atoms with Gasteiger partial charge >= 0.3 is 0 Å². The summed E-state index contributed by atoms with van der Waals surface area (Å²) in [7, 11) is 1.56. The van der Waals surface area contributed by atoms with E-state index in [1.165, 1.54) is 6.08 Å². The zero-order chi connectivity index (χ0) is 15.2. The lowest BCUT2D eigenvalue weighted by molar-refractivity contribution is -0.112. The van der Waals surface area contributed by atoms with Crippen molar-refractivity contribution in [3.05, 3.63) is 53.5 Å². The zero-order valence-corrected chi connectivity index (χ0v) is 11.7. The zero-order valence-electron chi connectivity index (χ0n) is 11.7. The van der Waals surface area contributed by atoms with Crippen LogP contribution in [0, 0.1) is 18.3 Å². The van der Waals surface area contributed by atoms with E-state index in [4.69, 9.17) is 14.4 Å². The molecule has 0 saturated heterocycles. The summed E-state index contributed by atoms with van der Waals surface area (Å²) in [6.07, 6.45) is 1.41. The van der Waals surface area contributed by atoms with E-state index in [9.17, 15) is 4.79 Å². The van der Waals surface area contributed by atoms with Gasteiger partial charge in [0.15, 0.2) is 0 Å². The van der Waals surface area contributed by atoms with E-state index >= 15 is 0 Å². The highest BCUT2D eigenvalue weighted by molar-refractivity contribution is 6.09. The SMILES string of the molecule is COc1ccc(NC(=O)/C(C#N)=C\c2ccc(C)o2)cc1. The van der Waals surface area contributed by atoms with Crippen LogP contribution in [-0.2, 0) is 4.79 Å². The van der Waals surface area contributed by atoms with Crippen LogP contribution in [0.25, 0.3) is 6.08 Å². The summed E-state index contributed by atoms with van der Waals surface area (Å²) in [4.78, 5) is 12.0. The molecule has 5 heteroatoms. The maximum absolute atomic E-state index is 12.0. The number of carbonyl (C=O) groups excluding carboxylic acids is 1. The third-order valence-electron chi connectivity index (χ3n) is 2.76. The van der Waals surface area contributed by atoms with Crippen molar-refractivity contribution in [2.24, 2.45) is 0 Å². The van der Waals surface area contributed by atoms with Crippen molar-refractivity contribution in [2.45, 2.75) is 6.92 Å². The molecule has 0 fully saturated rings. The molecule has 2 rings (SSSR count). The number of rotatable bonds is 4. The summed E-state index contributed by atoms with van der Waals surface area (Å²) in [5, 5.41) is 11.7. The second-order valence-corrected chi connectivity index (χ2v) is 4.30. The number of anilines is 1. The average Bonchev–Trinajstić information content (AvgIpc) is 2.90. The van der Waals surface area contributed by atoms with Gasteiger partial charge in [-0.1, -0.05) is 0 Å². The fraction of sp³-hybridized carbons (Fsp3) is 0.125. The Labute approximate surface area is 122 Å². The van der Waals surface area contributed by atoms with Gasteiger partial charge in [-0.15, -0.1) is 0 Å². The molecule has 0 aliphatic carbocycles. The van der Waals surface area contributed by atoms with Crippen molar-refractivity contribution < 1.29 is 13.9 Å². The fourth-order valence-corrected chi connectivity index (χ4v) is 1.69. The van der Waals surface area contributed by atoms with Gasteiger partial charge in [0.25, 0.3) is 5.91 Å². The van der Waals surface area contributed by atoms with E-state index < -0.39 is 5.91 Å². The number of carbonyl (C=O) groups is 1. The summed E-state index contributed by atoms with van der Waals surface area (Å²) < 4.78 is 10.4. The number of nitriles is 1. The molecule has 1 heterocycles. The number of hydrogen-bond acceptors (Lipinski definition) is 4. The van der Waals surface area contributed by atoms with Crippen molar-refractivity contribution in [3.63, 3.8) is 0 Å². The number of nitrogens with one attached hydrogen (secondary N) is 1. The molecule has 5 nitrogen and oxygen atoms in total. The summed E-state index contributed by atoms with van der Waals surface area (Å²) in [6.45, 7) is 1.79. The summed E-state index contributed by atoms with van der Waals surface area (Å²) in [5.41, 5.74) is 0.553. The average molecular weight is 282 g/mol. The Morgan fingerprint density at radius 1 is 1.29 bits per heavy atom. The first-order chi connectivity index (χ1) is 10.1. The van der Waals surface area contributed by atoms with Gasteiger partial charge in [-0.3, -0.25) is 4.79 Å². The van der Waals surface area contributed by atoms with Gasteiger partial charge in [-0.25, -0.2) is 0 Å². The molecule has 0 unspecified atom stereocenters. The van der Waals surface area contributed by atoms with Gasteiger partial charge < -0.3 is 14.5 Å². The minimum absolute atomic E-state index is 0.0276. The van der Waals surface area contributed by atoms with E-state index in [1.54, 1.807) is 50.4 Å². The van der Waals surface area contributed by atoms with Crippen molar-refractivity contribution >= 4 is 17.7 Å². The molecule has 0 atom stereocenters. The lowest BCUT2D eigenvalue weighted by Crippen LogP contribution is -2.13. The molecule has 2 aromatic rings. The highest BCUT2D eigenvalue weighted by Crippen LogP contribution is 2.16. The maximum Gasteiger partial charge on any atom is 0.266 e. The molecule has 0 radical (unpaired) electrons. The number of benzene rings is 1. The molecule has 106 valence electrons. The summed E-state index contributed by atoms with van der Waals surface area (Å²) in [6, 6.07) is 12.2. The van der Waals surface area contributed by atoms with Crippen molar-refractivity contribution in [2.75, 3.05) is 12.4 Å². The molecule has 0 saturated carbocycles. The monoisotopic (exact) mass is 282 g/mol. The van der Waals surface area contributed by atoms with Gasteiger partial charge in [0, 0.05) is 11.8 Å². The van der Waals surface area contributed by atoms with Crippen LogP contribution < -0.4 is 10.1 Å². The Balaban J connectivity index is 2.13. The van der Waals surface area contributed by atoms with E-state index in [2.05, 4.69) is 5.32 Å². The number of methoxy groups -OCH3 is 1. The highest BCUT2D eigenvalue weighted by atomic mass is 16.5.